The van der Waals surface area contributed by atoms with Crippen molar-refractivity contribution in [3.8, 4) is 0 Å². The van der Waals surface area contributed by atoms with Gasteiger partial charge in [0, 0.05) is 30.7 Å². The first-order chi connectivity index (χ1) is 8.36. The predicted octanol–water partition coefficient (Wildman–Crippen LogP) is 2.34. The maximum absolute atomic E-state index is 13.4. The third-order valence-electron chi connectivity index (χ3n) is 2.73. The van der Waals surface area contributed by atoms with Crippen molar-refractivity contribution in [2.45, 2.75) is 20.4 Å². The van der Waals surface area contributed by atoms with Gasteiger partial charge in [-0.05, 0) is 32.0 Å². The van der Waals surface area contributed by atoms with E-state index in [1.54, 1.807) is 13.1 Å². The molecule has 0 unspecified atom stereocenters. The highest BCUT2D eigenvalue weighted by Gasteiger charge is 2.25. The molecule has 100 valence electrons. The second-order valence-electron chi connectivity index (χ2n) is 4.80. The van der Waals surface area contributed by atoms with Gasteiger partial charge < -0.3 is 10.6 Å². The van der Waals surface area contributed by atoms with Crippen molar-refractivity contribution in [1.29, 1.82) is 0 Å². The van der Waals surface area contributed by atoms with Gasteiger partial charge in [-0.15, -0.1) is 0 Å². The van der Waals surface area contributed by atoms with Crippen molar-refractivity contribution < 1.29 is 9.18 Å². The van der Waals surface area contributed by atoms with E-state index in [4.69, 9.17) is 11.6 Å². The van der Waals surface area contributed by atoms with Crippen LogP contribution < -0.4 is 10.6 Å². The minimum absolute atomic E-state index is 0.0541. The molecular formula is C13H18ClFN2O. The summed E-state index contributed by atoms with van der Waals surface area (Å²) in [5, 5.41) is 6.16. The number of carbonyl (C=O) groups excluding carboxylic acids is 1. The summed E-state index contributed by atoms with van der Waals surface area (Å²) in [6.45, 7) is 4.45. The van der Waals surface area contributed by atoms with E-state index < -0.39 is 5.41 Å². The molecule has 0 aromatic heterocycles. The molecule has 5 heteroatoms. The first kappa shape index (κ1) is 14.9. The lowest BCUT2D eigenvalue weighted by Gasteiger charge is -2.23. The highest BCUT2D eigenvalue weighted by Crippen LogP contribution is 2.16. The van der Waals surface area contributed by atoms with Crippen molar-refractivity contribution in [2.24, 2.45) is 5.41 Å². The fourth-order valence-corrected chi connectivity index (χ4v) is 1.80. The van der Waals surface area contributed by atoms with Crippen LogP contribution in [-0.2, 0) is 11.3 Å². The molecule has 0 aliphatic heterocycles. The second kappa shape index (κ2) is 6.16. The number of amides is 1. The molecule has 0 spiro atoms. The Morgan fingerprint density at radius 3 is 2.72 bits per heavy atom. The van der Waals surface area contributed by atoms with Crippen LogP contribution in [0.1, 0.15) is 19.4 Å². The van der Waals surface area contributed by atoms with Crippen LogP contribution >= 0.6 is 11.6 Å². The Bertz CT molecular complexity index is 435. The summed E-state index contributed by atoms with van der Waals surface area (Å²) in [7, 11) is 1.60. The quantitative estimate of drug-likeness (QED) is 0.864. The number of hydrogen-bond acceptors (Lipinski definition) is 2. The third kappa shape index (κ3) is 3.96. The Morgan fingerprint density at radius 2 is 2.11 bits per heavy atom. The number of hydrogen-bond donors (Lipinski definition) is 2. The zero-order valence-corrected chi connectivity index (χ0v) is 11.6. The highest BCUT2D eigenvalue weighted by molar-refractivity contribution is 6.30. The van der Waals surface area contributed by atoms with Gasteiger partial charge in [0.25, 0.3) is 0 Å². The van der Waals surface area contributed by atoms with Gasteiger partial charge in [0.2, 0.25) is 5.91 Å². The van der Waals surface area contributed by atoms with Crippen LogP contribution in [0.5, 0.6) is 0 Å². The topological polar surface area (TPSA) is 41.1 Å². The second-order valence-corrected chi connectivity index (χ2v) is 5.24. The third-order valence-corrected chi connectivity index (χ3v) is 2.97. The van der Waals surface area contributed by atoms with Gasteiger partial charge in [0.1, 0.15) is 5.82 Å². The van der Waals surface area contributed by atoms with Gasteiger partial charge >= 0.3 is 0 Å². The van der Waals surface area contributed by atoms with Crippen LogP contribution in [0.3, 0.4) is 0 Å². The van der Waals surface area contributed by atoms with E-state index in [2.05, 4.69) is 10.6 Å². The monoisotopic (exact) mass is 272 g/mol. The highest BCUT2D eigenvalue weighted by atomic mass is 35.5. The molecule has 2 N–H and O–H groups in total. The van der Waals surface area contributed by atoms with Crippen molar-refractivity contribution in [3.63, 3.8) is 0 Å². The Kier molecular flexibility index (Phi) is 5.11. The van der Waals surface area contributed by atoms with E-state index in [9.17, 15) is 9.18 Å². The molecular weight excluding hydrogens is 255 g/mol. The van der Waals surface area contributed by atoms with Crippen molar-refractivity contribution >= 4 is 17.5 Å². The van der Waals surface area contributed by atoms with Crippen LogP contribution in [0, 0.1) is 11.2 Å². The van der Waals surface area contributed by atoms with E-state index in [1.165, 1.54) is 12.1 Å². The molecule has 1 aromatic carbocycles. The molecule has 1 aromatic rings. The lowest BCUT2D eigenvalue weighted by atomic mass is 9.92. The van der Waals surface area contributed by atoms with Gasteiger partial charge in [-0.2, -0.15) is 0 Å². The van der Waals surface area contributed by atoms with Gasteiger partial charge in [0.15, 0.2) is 0 Å². The molecule has 3 nitrogen and oxygen atoms in total. The zero-order valence-electron chi connectivity index (χ0n) is 10.8. The van der Waals surface area contributed by atoms with Crippen LogP contribution in [0.4, 0.5) is 4.39 Å². The number of nitrogens with one attached hydrogen (secondary N) is 2. The summed E-state index contributed by atoms with van der Waals surface area (Å²) in [6, 6.07) is 4.43. The first-order valence-electron chi connectivity index (χ1n) is 5.73. The average molecular weight is 273 g/mol. The van der Waals surface area contributed by atoms with Crippen LogP contribution in [0.15, 0.2) is 18.2 Å². The van der Waals surface area contributed by atoms with Crippen LogP contribution in [0.2, 0.25) is 5.02 Å². The molecule has 0 heterocycles. The van der Waals surface area contributed by atoms with E-state index >= 15 is 0 Å². The summed E-state index contributed by atoms with van der Waals surface area (Å²) < 4.78 is 13.4. The van der Waals surface area contributed by atoms with Crippen molar-refractivity contribution in [2.75, 3.05) is 13.6 Å². The summed E-state index contributed by atoms with van der Waals surface area (Å²) in [5.41, 5.74) is -0.0423. The fourth-order valence-electron chi connectivity index (χ4n) is 1.61. The maximum atomic E-state index is 13.4. The average Bonchev–Trinajstić information content (AvgIpc) is 2.32. The fraction of sp³-hybridized carbons (Fsp3) is 0.462. The molecule has 0 fully saturated rings. The van der Waals surface area contributed by atoms with Crippen LogP contribution in [-0.4, -0.2) is 19.5 Å². The molecule has 0 bridgehead atoms. The lowest BCUT2D eigenvalue weighted by Crippen LogP contribution is -2.41. The molecule has 0 aliphatic carbocycles. The van der Waals surface area contributed by atoms with Crippen molar-refractivity contribution in [3.05, 3.63) is 34.6 Å². The Labute approximate surface area is 112 Å². The van der Waals surface area contributed by atoms with E-state index in [0.29, 0.717) is 23.7 Å². The minimum Gasteiger partial charge on any atom is -0.359 e. The van der Waals surface area contributed by atoms with Gasteiger partial charge in [-0.1, -0.05) is 11.6 Å². The van der Waals surface area contributed by atoms with Gasteiger partial charge in [-0.3, -0.25) is 4.79 Å². The zero-order chi connectivity index (χ0) is 13.8. The number of carbonyl (C=O) groups is 1. The number of benzene rings is 1. The Morgan fingerprint density at radius 1 is 1.44 bits per heavy atom. The normalized spacial score (nSPS) is 11.4. The summed E-state index contributed by atoms with van der Waals surface area (Å²) in [5.74, 6) is -0.355. The summed E-state index contributed by atoms with van der Waals surface area (Å²) in [6.07, 6.45) is 0. The van der Waals surface area contributed by atoms with Crippen LogP contribution in [0.25, 0.3) is 0 Å². The van der Waals surface area contributed by atoms with Gasteiger partial charge in [0.05, 0.1) is 5.41 Å². The molecule has 0 atom stereocenters. The molecule has 0 radical (unpaired) electrons. The van der Waals surface area contributed by atoms with E-state index in [-0.39, 0.29) is 11.7 Å². The largest absolute Gasteiger partial charge is 0.359 e. The Balaban J connectivity index is 2.56. The van der Waals surface area contributed by atoms with E-state index in [1.807, 2.05) is 13.8 Å². The predicted molar refractivity (Wildman–Crippen MR) is 71.0 cm³/mol. The molecule has 0 saturated heterocycles. The van der Waals surface area contributed by atoms with Crippen molar-refractivity contribution in [1.82, 2.24) is 10.6 Å². The molecule has 0 aliphatic rings. The first-order valence-corrected chi connectivity index (χ1v) is 6.11. The number of halogens is 2. The molecule has 1 amide bonds. The van der Waals surface area contributed by atoms with E-state index in [0.717, 1.165) is 0 Å². The molecule has 18 heavy (non-hydrogen) atoms. The minimum atomic E-state index is -0.538. The summed E-state index contributed by atoms with van der Waals surface area (Å²) in [4.78, 5) is 11.6. The molecule has 1 rings (SSSR count). The maximum Gasteiger partial charge on any atom is 0.226 e. The SMILES string of the molecule is CNC(=O)C(C)(C)CNCc1cc(Cl)ccc1F. The Hall–Kier alpha value is -1.13. The lowest BCUT2D eigenvalue weighted by molar-refractivity contribution is -0.128. The smallest absolute Gasteiger partial charge is 0.226 e. The standard InChI is InChI=1S/C13H18ClFN2O/c1-13(2,12(18)16-3)8-17-7-9-6-10(14)4-5-11(9)15/h4-6,17H,7-8H2,1-3H3,(H,16,18). The summed E-state index contributed by atoms with van der Waals surface area (Å²) >= 11 is 5.80. The number of rotatable bonds is 5. The molecule has 0 saturated carbocycles. The van der Waals surface area contributed by atoms with Gasteiger partial charge in [-0.25, -0.2) is 4.39 Å².